The third-order valence-electron chi connectivity index (χ3n) is 4.07. The van der Waals surface area contributed by atoms with Gasteiger partial charge in [0, 0.05) is 17.1 Å². The standard InChI is InChI=1S/C14H18BrCl2NO2S/c1-8-4-9(2)10(3)18(7-8)21(19,20)14-12(16)5-11(15)6-13(14)17/h5-6,8-10H,4,7H2,1-3H3. The minimum Gasteiger partial charge on any atom is -0.207 e. The summed E-state index contributed by atoms with van der Waals surface area (Å²) in [7, 11) is -3.71. The fraction of sp³-hybridized carbons (Fsp3) is 0.571. The Bertz CT molecular complexity index is 627. The van der Waals surface area contributed by atoms with Gasteiger partial charge in [0.15, 0.2) is 0 Å². The first-order chi connectivity index (χ1) is 9.64. The minimum absolute atomic E-state index is 0.00202. The van der Waals surface area contributed by atoms with Crippen LogP contribution in [-0.4, -0.2) is 25.3 Å². The Labute approximate surface area is 144 Å². The number of hydrogen-bond donors (Lipinski definition) is 0. The number of nitrogens with zero attached hydrogens (tertiary/aromatic N) is 1. The molecule has 0 N–H and O–H groups in total. The second-order valence-corrected chi connectivity index (χ2v) is 9.39. The fourth-order valence-electron chi connectivity index (χ4n) is 2.87. The second kappa shape index (κ2) is 6.36. The third-order valence-corrected chi connectivity index (χ3v) is 7.41. The molecular formula is C14H18BrCl2NO2S. The van der Waals surface area contributed by atoms with Crippen LogP contribution in [0, 0.1) is 11.8 Å². The van der Waals surface area contributed by atoms with Crippen molar-refractivity contribution in [3.8, 4) is 0 Å². The second-order valence-electron chi connectivity index (χ2n) is 5.83. The van der Waals surface area contributed by atoms with Gasteiger partial charge in [-0.15, -0.1) is 0 Å². The molecule has 0 saturated carbocycles. The van der Waals surface area contributed by atoms with Gasteiger partial charge in [-0.1, -0.05) is 53.0 Å². The van der Waals surface area contributed by atoms with Crippen LogP contribution in [0.1, 0.15) is 27.2 Å². The van der Waals surface area contributed by atoms with Crippen molar-refractivity contribution in [1.29, 1.82) is 0 Å². The Morgan fingerprint density at radius 1 is 1.19 bits per heavy atom. The lowest BCUT2D eigenvalue weighted by atomic mass is 9.88. The SMILES string of the molecule is CC1CC(C)C(C)N(S(=O)(=O)c2c(Cl)cc(Br)cc2Cl)C1. The van der Waals surface area contributed by atoms with Crippen LogP contribution in [0.15, 0.2) is 21.5 Å². The third kappa shape index (κ3) is 3.42. The van der Waals surface area contributed by atoms with E-state index in [4.69, 9.17) is 23.2 Å². The summed E-state index contributed by atoms with van der Waals surface area (Å²) in [6.07, 6.45) is 1.02. The maximum atomic E-state index is 13.0. The van der Waals surface area contributed by atoms with E-state index in [0.717, 1.165) is 6.42 Å². The van der Waals surface area contributed by atoms with E-state index >= 15 is 0 Å². The zero-order valence-electron chi connectivity index (χ0n) is 12.1. The quantitative estimate of drug-likeness (QED) is 0.696. The highest BCUT2D eigenvalue weighted by atomic mass is 79.9. The van der Waals surface area contributed by atoms with Crippen molar-refractivity contribution in [2.45, 2.75) is 38.1 Å². The molecule has 118 valence electrons. The summed E-state index contributed by atoms with van der Waals surface area (Å²) in [6.45, 7) is 6.58. The Kier molecular flexibility index (Phi) is 5.31. The Morgan fingerprint density at radius 3 is 2.24 bits per heavy atom. The number of sulfonamides is 1. The van der Waals surface area contributed by atoms with Crippen molar-refractivity contribution >= 4 is 49.2 Å². The zero-order chi connectivity index (χ0) is 15.9. The molecule has 0 spiro atoms. The van der Waals surface area contributed by atoms with Gasteiger partial charge in [0.2, 0.25) is 10.0 Å². The van der Waals surface area contributed by atoms with Crippen LogP contribution in [0.5, 0.6) is 0 Å². The normalized spacial score (nSPS) is 27.8. The van der Waals surface area contributed by atoms with Crippen LogP contribution < -0.4 is 0 Å². The Balaban J connectivity index is 2.52. The topological polar surface area (TPSA) is 37.4 Å². The highest BCUT2D eigenvalue weighted by Crippen LogP contribution is 2.38. The maximum absolute atomic E-state index is 13.0. The van der Waals surface area contributed by atoms with Crippen LogP contribution in [0.4, 0.5) is 0 Å². The average molecular weight is 415 g/mol. The molecule has 0 bridgehead atoms. The van der Waals surface area contributed by atoms with E-state index in [1.165, 1.54) is 4.31 Å². The number of piperidine rings is 1. The fourth-order valence-corrected chi connectivity index (χ4v) is 6.61. The van der Waals surface area contributed by atoms with Gasteiger partial charge in [0.1, 0.15) is 4.90 Å². The van der Waals surface area contributed by atoms with E-state index in [9.17, 15) is 8.42 Å². The van der Waals surface area contributed by atoms with E-state index in [1.807, 2.05) is 6.92 Å². The molecule has 0 aliphatic carbocycles. The molecule has 1 heterocycles. The summed E-state index contributed by atoms with van der Waals surface area (Å²) in [6, 6.07) is 3.05. The summed E-state index contributed by atoms with van der Waals surface area (Å²) in [5, 5.41) is 0.292. The van der Waals surface area contributed by atoms with Crippen molar-refractivity contribution in [2.75, 3.05) is 6.54 Å². The van der Waals surface area contributed by atoms with Gasteiger partial charge >= 0.3 is 0 Å². The van der Waals surface area contributed by atoms with Gasteiger partial charge in [-0.3, -0.25) is 0 Å². The maximum Gasteiger partial charge on any atom is 0.246 e. The summed E-state index contributed by atoms with van der Waals surface area (Å²) < 4.78 is 28.2. The van der Waals surface area contributed by atoms with Crippen LogP contribution in [0.25, 0.3) is 0 Å². The first kappa shape index (κ1) is 17.5. The summed E-state index contributed by atoms with van der Waals surface area (Å²) in [5.41, 5.74) is 0. The number of halogens is 3. The Morgan fingerprint density at radius 2 is 1.71 bits per heavy atom. The number of rotatable bonds is 2. The smallest absolute Gasteiger partial charge is 0.207 e. The largest absolute Gasteiger partial charge is 0.246 e. The van der Waals surface area contributed by atoms with Crippen LogP contribution in [0.2, 0.25) is 10.0 Å². The Hall–Kier alpha value is 0.190. The van der Waals surface area contributed by atoms with Gasteiger partial charge in [0.25, 0.3) is 0 Å². The highest BCUT2D eigenvalue weighted by Gasteiger charge is 2.39. The molecule has 1 aromatic rings. The molecule has 3 unspecified atom stereocenters. The molecule has 1 fully saturated rings. The van der Waals surface area contributed by atoms with Crippen molar-refractivity contribution in [3.05, 3.63) is 26.7 Å². The van der Waals surface area contributed by atoms with Crippen molar-refractivity contribution in [2.24, 2.45) is 11.8 Å². The van der Waals surface area contributed by atoms with E-state index < -0.39 is 10.0 Å². The molecule has 2 rings (SSSR count). The molecule has 1 saturated heterocycles. The lowest BCUT2D eigenvalue weighted by Gasteiger charge is -2.40. The van der Waals surface area contributed by atoms with Gasteiger partial charge in [-0.05, 0) is 37.3 Å². The first-order valence-electron chi connectivity index (χ1n) is 6.81. The molecule has 0 radical (unpaired) electrons. The number of hydrogen-bond acceptors (Lipinski definition) is 2. The highest BCUT2D eigenvalue weighted by molar-refractivity contribution is 9.10. The molecule has 21 heavy (non-hydrogen) atoms. The van der Waals surface area contributed by atoms with Crippen LogP contribution in [0.3, 0.4) is 0 Å². The van der Waals surface area contributed by atoms with Gasteiger partial charge in [-0.25, -0.2) is 8.42 Å². The molecular weight excluding hydrogens is 397 g/mol. The molecule has 0 aromatic heterocycles. The molecule has 7 heteroatoms. The van der Waals surface area contributed by atoms with Crippen LogP contribution in [-0.2, 0) is 10.0 Å². The number of benzene rings is 1. The molecule has 3 nitrogen and oxygen atoms in total. The lowest BCUT2D eigenvalue weighted by Crippen LogP contribution is -2.48. The van der Waals surface area contributed by atoms with Crippen molar-refractivity contribution in [3.63, 3.8) is 0 Å². The summed E-state index contributed by atoms with van der Waals surface area (Å²) >= 11 is 15.5. The van der Waals surface area contributed by atoms with E-state index in [2.05, 4.69) is 29.8 Å². The van der Waals surface area contributed by atoms with Crippen LogP contribution >= 0.6 is 39.1 Å². The summed E-state index contributed by atoms with van der Waals surface area (Å²) in [5.74, 6) is 0.621. The minimum atomic E-state index is -3.71. The van der Waals surface area contributed by atoms with E-state index in [1.54, 1.807) is 12.1 Å². The molecule has 1 aliphatic rings. The predicted octanol–water partition coefficient (Wildman–Crippen LogP) is 4.81. The summed E-state index contributed by atoms with van der Waals surface area (Å²) in [4.78, 5) is 0.00202. The molecule has 0 amide bonds. The monoisotopic (exact) mass is 413 g/mol. The average Bonchev–Trinajstić information content (AvgIpc) is 2.31. The lowest BCUT2D eigenvalue weighted by molar-refractivity contribution is 0.157. The van der Waals surface area contributed by atoms with E-state index in [-0.39, 0.29) is 21.0 Å². The van der Waals surface area contributed by atoms with Gasteiger partial charge < -0.3 is 0 Å². The van der Waals surface area contributed by atoms with Gasteiger partial charge in [0.05, 0.1) is 10.0 Å². The first-order valence-corrected chi connectivity index (χ1v) is 9.80. The van der Waals surface area contributed by atoms with E-state index in [0.29, 0.717) is 22.9 Å². The molecule has 3 atom stereocenters. The van der Waals surface area contributed by atoms with Crippen molar-refractivity contribution in [1.82, 2.24) is 4.31 Å². The molecule has 1 aromatic carbocycles. The van der Waals surface area contributed by atoms with Crippen molar-refractivity contribution < 1.29 is 8.42 Å². The molecule has 1 aliphatic heterocycles. The van der Waals surface area contributed by atoms with Gasteiger partial charge in [-0.2, -0.15) is 4.31 Å². The zero-order valence-corrected chi connectivity index (χ0v) is 16.0. The predicted molar refractivity (Wildman–Crippen MR) is 90.5 cm³/mol.